The van der Waals surface area contributed by atoms with Crippen molar-refractivity contribution >= 4 is 34.8 Å². The molecule has 3 aliphatic rings. The van der Waals surface area contributed by atoms with Gasteiger partial charge in [-0.1, -0.05) is 41.9 Å². The van der Waals surface area contributed by atoms with Crippen LogP contribution in [0.15, 0.2) is 30.3 Å². The number of rotatable bonds is 4. The molecule has 1 amide bonds. The first-order chi connectivity index (χ1) is 12.1. The number of hydrogen-bond donors (Lipinski definition) is 1. The molecular formula is C18H20ClN3O2S. The van der Waals surface area contributed by atoms with Crippen LogP contribution in [0.1, 0.15) is 19.3 Å². The molecule has 0 spiro atoms. The third-order valence-corrected chi connectivity index (χ3v) is 6.45. The standard InChI is InChI=1S/C18H20ClN3O2S/c19-16-20-15(14(25-16)13-4-2-1-3-5-13)21-17(23)24-12-18-6-9-22(10-7-18)11-8-18/h1-5H,6-12H2,(H,21,23). The molecule has 2 bridgehead atoms. The van der Waals surface area contributed by atoms with Gasteiger partial charge < -0.3 is 9.64 Å². The summed E-state index contributed by atoms with van der Waals surface area (Å²) in [7, 11) is 0. The molecule has 5 nitrogen and oxygen atoms in total. The number of benzene rings is 1. The molecule has 5 rings (SSSR count). The van der Waals surface area contributed by atoms with Gasteiger partial charge in [-0.2, -0.15) is 0 Å². The van der Waals surface area contributed by atoms with Gasteiger partial charge in [-0.25, -0.2) is 9.78 Å². The zero-order valence-corrected chi connectivity index (χ0v) is 15.4. The van der Waals surface area contributed by atoms with Crippen LogP contribution >= 0.6 is 22.9 Å². The first-order valence-electron chi connectivity index (χ1n) is 8.51. The third kappa shape index (κ3) is 3.66. The van der Waals surface area contributed by atoms with E-state index in [9.17, 15) is 4.79 Å². The first-order valence-corrected chi connectivity index (χ1v) is 9.71. The van der Waals surface area contributed by atoms with Crippen molar-refractivity contribution in [3.05, 3.63) is 34.8 Å². The number of piperidine rings is 3. The maximum atomic E-state index is 12.3. The lowest BCUT2D eigenvalue weighted by Crippen LogP contribution is -2.50. The number of halogens is 1. The fourth-order valence-corrected chi connectivity index (χ4v) is 4.70. The highest BCUT2D eigenvalue weighted by molar-refractivity contribution is 7.19. The molecule has 3 fully saturated rings. The maximum absolute atomic E-state index is 12.3. The van der Waals surface area contributed by atoms with Crippen LogP contribution in [-0.4, -0.2) is 42.2 Å². The number of aromatic nitrogens is 1. The Morgan fingerprint density at radius 3 is 2.60 bits per heavy atom. The van der Waals surface area contributed by atoms with Gasteiger partial charge in [-0.15, -0.1) is 11.3 Å². The lowest BCUT2D eigenvalue weighted by molar-refractivity contribution is -0.0190. The third-order valence-electron chi connectivity index (χ3n) is 5.24. The van der Waals surface area contributed by atoms with Crippen molar-refractivity contribution in [3.63, 3.8) is 0 Å². The molecule has 0 saturated carbocycles. The summed E-state index contributed by atoms with van der Waals surface area (Å²) in [5, 5.41) is 2.77. The highest BCUT2D eigenvalue weighted by Crippen LogP contribution is 2.40. The van der Waals surface area contributed by atoms with Gasteiger partial charge in [0.15, 0.2) is 10.3 Å². The molecule has 1 aromatic heterocycles. The Kier molecular flexibility index (Phi) is 4.67. The first kappa shape index (κ1) is 16.8. The van der Waals surface area contributed by atoms with Gasteiger partial charge in [-0.05, 0) is 44.5 Å². The summed E-state index contributed by atoms with van der Waals surface area (Å²) in [5.74, 6) is 0.460. The monoisotopic (exact) mass is 377 g/mol. The summed E-state index contributed by atoms with van der Waals surface area (Å²) < 4.78 is 5.95. The van der Waals surface area contributed by atoms with Gasteiger partial charge in [0.25, 0.3) is 0 Å². The van der Waals surface area contributed by atoms with Crippen molar-refractivity contribution in [1.29, 1.82) is 0 Å². The van der Waals surface area contributed by atoms with Crippen molar-refractivity contribution in [3.8, 4) is 10.4 Å². The predicted octanol–water partition coefficient (Wildman–Crippen LogP) is 4.50. The number of thiazole rings is 1. The zero-order chi connectivity index (χ0) is 17.3. The lowest BCUT2D eigenvalue weighted by Gasteiger charge is -2.47. The Balaban J connectivity index is 1.41. The summed E-state index contributed by atoms with van der Waals surface area (Å²) in [5.41, 5.74) is 1.13. The second-order valence-electron chi connectivity index (χ2n) is 6.80. The summed E-state index contributed by atoms with van der Waals surface area (Å²) >= 11 is 7.40. The van der Waals surface area contributed by atoms with E-state index in [1.54, 1.807) is 0 Å². The molecule has 3 aliphatic heterocycles. The molecule has 132 valence electrons. The van der Waals surface area contributed by atoms with Gasteiger partial charge in [0.1, 0.15) is 0 Å². The second-order valence-corrected chi connectivity index (χ2v) is 8.38. The highest BCUT2D eigenvalue weighted by Gasteiger charge is 2.40. The summed E-state index contributed by atoms with van der Waals surface area (Å²) in [6, 6.07) is 9.77. The Morgan fingerprint density at radius 1 is 1.24 bits per heavy atom. The number of fused-ring (bicyclic) bond motifs is 3. The average molecular weight is 378 g/mol. The number of carbonyl (C=O) groups excluding carboxylic acids is 1. The predicted molar refractivity (Wildman–Crippen MR) is 100 cm³/mol. The number of anilines is 1. The Morgan fingerprint density at radius 2 is 1.92 bits per heavy atom. The average Bonchev–Trinajstić information content (AvgIpc) is 3.02. The smallest absolute Gasteiger partial charge is 0.412 e. The molecule has 2 aromatic rings. The van der Waals surface area contributed by atoms with E-state index in [4.69, 9.17) is 16.3 Å². The minimum absolute atomic E-state index is 0.161. The van der Waals surface area contributed by atoms with E-state index in [1.165, 1.54) is 11.3 Å². The van der Waals surface area contributed by atoms with E-state index in [-0.39, 0.29) is 5.41 Å². The van der Waals surface area contributed by atoms with Crippen molar-refractivity contribution in [2.24, 2.45) is 5.41 Å². The second kappa shape index (κ2) is 6.94. The van der Waals surface area contributed by atoms with Crippen molar-refractivity contribution < 1.29 is 9.53 Å². The van der Waals surface area contributed by atoms with E-state index in [1.807, 2.05) is 30.3 Å². The Labute approximate surface area is 156 Å². The highest BCUT2D eigenvalue weighted by atomic mass is 35.5. The summed E-state index contributed by atoms with van der Waals surface area (Å²) in [6.45, 7) is 3.83. The van der Waals surface area contributed by atoms with Gasteiger partial charge in [-0.3, -0.25) is 5.32 Å². The van der Waals surface area contributed by atoms with Crippen LogP contribution in [0.5, 0.6) is 0 Å². The van der Waals surface area contributed by atoms with Crippen LogP contribution in [0.2, 0.25) is 4.47 Å². The van der Waals surface area contributed by atoms with Crippen LogP contribution in [0, 0.1) is 5.41 Å². The largest absolute Gasteiger partial charge is 0.449 e. The Bertz CT molecular complexity index is 743. The van der Waals surface area contributed by atoms with Crippen LogP contribution in [0.25, 0.3) is 10.4 Å². The van der Waals surface area contributed by atoms with E-state index < -0.39 is 6.09 Å². The fraction of sp³-hybridized carbons (Fsp3) is 0.444. The molecular weight excluding hydrogens is 358 g/mol. The number of nitrogens with one attached hydrogen (secondary N) is 1. The number of amides is 1. The summed E-state index contributed by atoms with van der Waals surface area (Å²) in [6.07, 6.45) is 2.87. The zero-order valence-electron chi connectivity index (χ0n) is 13.8. The number of hydrogen-bond acceptors (Lipinski definition) is 5. The van der Waals surface area contributed by atoms with Crippen LogP contribution in [0.3, 0.4) is 0 Å². The van der Waals surface area contributed by atoms with Crippen LogP contribution in [0.4, 0.5) is 10.6 Å². The molecule has 1 aromatic carbocycles. The molecule has 4 heterocycles. The molecule has 0 unspecified atom stereocenters. The van der Waals surface area contributed by atoms with Crippen molar-refractivity contribution in [2.75, 3.05) is 31.6 Å². The minimum atomic E-state index is -0.457. The van der Waals surface area contributed by atoms with Crippen molar-refractivity contribution in [1.82, 2.24) is 9.88 Å². The van der Waals surface area contributed by atoms with E-state index in [2.05, 4.69) is 15.2 Å². The topological polar surface area (TPSA) is 54.5 Å². The fourth-order valence-electron chi connectivity index (χ4n) is 3.63. The van der Waals surface area contributed by atoms with Crippen molar-refractivity contribution in [2.45, 2.75) is 19.3 Å². The molecule has 1 N–H and O–H groups in total. The minimum Gasteiger partial charge on any atom is -0.449 e. The number of carbonyl (C=O) groups is 1. The van der Waals surface area contributed by atoms with Gasteiger partial charge >= 0.3 is 6.09 Å². The SMILES string of the molecule is O=C(Nc1nc(Cl)sc1-c1ccccc1)OCC12CCN(CC1)CC2. The quantitative estimate of drug-likeness (QED) is 0.852. The van der Waals surface area contributed by atoms with E-state index in [0.29, 0.717) is 16.9 Å². The van der Waals surface area contributed by atoms with E-state index >= 15 is 0 Å². The van der Waals surface area contributed by atoms with Crippen LogP contribution < -0.4 is 5.32 Å². The van der Waals surface area contributed by atoms with Gasteiger partial charge in [0.2, 0.25) is 0 Å². The van der Waals surface area contributed by atoms with E-state index in [0.717, 1.165) is 49.3 Å². The molecule has 0 atom stereocenters. The molecule has 0 radical (unpaired) electrons. The van der Waals surface area contributed by atoms with Crippen LogP contribution in [-0.2, 0) is 4.74 Å². The molecule has 25 heavy (non-hydrogen) atoms. The molecule has 3 saturated heterocycles. The lowest BCUT2D eigenvalue weighted by atomic mass is 9.73. The maximum Gasteiger partial charge on any atom is 0.412 e. The molecule has 7 heteroatoms. The normalized spacial score (nSPS) is 24.9. The number of nitrogens with zero attached hydrogens (tertiary/aromatic N) is 2. The Hall–Kier alpha value is -1.63. The summed E-state index contributed by atoms with van der Waals surface area (Å²) in [4.78, 5) is 19.8. The molecule has 0 aliphatic carbocycles. The number of ether oxygens (including phenoxy) is 1. The van der Waals surface area contributed by atoms with Gasteiger partial charge in [0, 0.05) is 5.41 Å². The van der Waals surface area contributed by atoms with Gasteiger partial charge in [0.05, 0.1) is 11.5 Å².